The lowest BCUT2D eigenvalue weighted by Gasteiger charge is -2.29. The summed E-state index contributed by atoms with van der Waals surface area (Å²) in [6, 6.07) is 23.7. The Hall–Kier alpha value is -2.86. The molecule has 0 spiro atoms. The predicted molar refractivity (Wildman–Crippen MR) is 135 cm³/mol. The van der Waals surface area contributed by atoms with Gasteiger partial charge in [0.25, 0.3) is 0 Å². The topological polar surface area (TPSA) is 33.1 Å². The molecule has 7 heteroatoms. The van der Waals surface area contributed by atoms with Gasteiger partial charge in [0.15, 0.2) is 5.11 Å². The number of benzene rings is 2. The molecule has 2 aromatic carbocycles. The number of thiocarbonyl (C=S) groups is 1. The molecule has 0 amide bonds. The average molecular weight is 479 g/mol. The van der Waals surface area contributed by atoms with Crippen molar-refractivity contribution in [2.24, 2.45) is 0 Å². The molecule has 4 nitrogen and oxygen atoms in total. The number of nitrogens with zero attached hydrogens (tertiary/aromatic N) is 3. The first kappa shape index (κ1) is 21.0. The van der Waals surface area contributed by atoms with Crippen molar-refractivity contribution in [3.05, 3.63) is 112 Å². The van der Waals surface area contributed by atoms with Gasteiger partial charge in [-0.05, 0) is 73.7 Å². The zero-order valence-electron chi connectivity index (χ0n) is 17.2. The Morgan fingerprint density at radius 1 is 0.969 bits per heavy atom. The van der Waals surface area contributed by atoms with Gasteiger partial charge in [0, 0.05) is 28.8 Å². The van der Waals surface area contributed by atoms with Gasteiger partial charge in [0.05, 0.1) is 22.4 Å². The van der Waals surface area contributed by atoms with Crippen molar-refractivity contribution in [1.82, 2.24) is 14.9 Å². The molecular formula is C25H20Cl2N4S. The molecule has 0 bridgehead atoms. The van der Waals surface area contributed by atoms with Crippen LogP contribution in [0.3, 0.4) is 0 Å². The largest absolute Gasteiger partial charge is 0.351 e. The lowest BCUT2D eigenvalue weighted by Crippen LogP contribution is -2.30. The van der Waals surface area contributed by atoms with Crippen molar-refractivity contribution in [3.8, 4) is 5.69 Å². The number of hydrogen-bond donors (Lipinski definition) is 1. The van der Waals surface area contributed by atoms with Gasteiger partial charge >= 0.3 is 0 Å². The van der Waals surface area contributed by atoms with Crippen LogP contribution in [0.1, 0.15) is 29.0 Å². The van der Waals surface area contributed by atoms with Crippen molar-refractivity contribution in [1.29, 1.82) is 0 Å². The van der Waals surface area contributed by atoms with E-state index in [0.717, 1.165) is 22.8 Å². The molecule has 1 aliphatic heterocycles. The van der Waals surface area contributed by atoms with Crippen molar-refractivity contribution >= 4 is 46.2 Å². The third-order valence-electron chi connectivity index (χ3n) is 5.66. The zero-order chi connectivity index (χ0) is 22.2. The van der Waals surface area contributed by atoms with Crippen molar-refractivity contribution in [2.75, 3.05) is 4.90 Å². The molecule has 1 fully saturated rings. The standard InChI is InChI=1S/C25H20Cl2N4S/c1-16-7-10-18(11-8-16)31-24(23(29-25(31)32)20-5-2-3-13-28-20)22-6-4-14-30(22)21-12-9-17(26)15-19(21)27/h2-15,23-24H,1H3,(H,29,32)/t23-,24-/m0/s1. The number of anilines is 1. The summed E-state index contributed by atoms with van der Waals surface area (Å²) >= 11 is 18.5. The fourth-order valence-corrected chi connectivity index (χ4v) is 5.02. The van der Waals surface area contributed by atoms with E-state index in [-0.39, 0.29) is 12.1 Å². The first-order chi connectivity index (χ1) is 15.5. The molecule has 2 aromatic heterocycles. The average Bonchev–Trinajstić information content (AvgIpc) is 3.39. The van der Waals surface area contributed by atoms with Gasteiger partial charge in [0.2, 0.25) is 0 Å². The van der Waals surface area contributed by atoms with Gasteiger partial charge in [-0.15, -0.1) is 0 Å². The van der Waals surface area contributed by atoms with Crippen LogP contribution < -0.4 is 10.2 Å². The quantitative estimate of drug-likeness (QED) is 0.332. The lowest BCUT2D eigenvalue weighted by molar-refractivity contribution is 0.549. The van der Waals surface area contributed by atoms with Crippen LogP contribution in [-0.2, 0) is 0 Å². The van der Waals surface area contributed by atoms with Gasteiger partial charge < -0.3 is 14.8 Å². The summed E-state index contributed by atoms with van der Waals surface area (Å²) < 4.78 is 2.09. The Bertz CT molecular complexity index is 1270. The monoisotopic (exact) mass is 478 g/mol. The number of hydrogen-bond acceptors (Lipinski definition) is 2. The number of nitrogens with one attached hydrogen (secondary N) is 1. The third-order valence-corrected chi connectivity index (χ3v) is 6.52. The summed E-state index contributed by atoms with van der Waals surface area (Å²) in [5.74, 6) is 0. The first-order valence-electron chi connectivity index (χ1n) is 10.2. The van der Waals surface area contributed by atoms with Crippen LogP contribution in [-0.4, -0.2) is 14.7 Å². The van der Waals surface area contributed by atoms with Gasteiger partial charge in [-0.3, -0.25) is 4.98 Å². The zero-order valence-corrected chi connectivity index (χ0v) is 19.6. The number of halogens is 2. The maximum absolute atomic E-state index is 6.58. The second-order valence-electron chi connectivity index (χ2n) is 7.73. The van der Waals surface area contributed by atoms with Crippen molar-refractivity contribution in [2.45, 2.75) is 19.0 Å². The number of aromatic nitrogens is 2. The predicted octanol–water partition coefficient (Wildman–Crippen LogP) is 6.66. The van der Waals surface area contributed by atoms with E-state index in [1.165, 1.54) is 5.56 Å². The molecule has 32 heavy (non-hydrogen) atoms. The van der Waals surface area contributed by atoms with Crippen molar-refractivity contribution < 1.29 is 0 Å². The van der Waals surface area contributed by atoms with Gasteiger partial charge in [-0.1, -0.05) is 47.0 Å². The van der Waals surface area contributed by atoms with E-state index in [0.29, 0.717) is 15.2 Å². The maximum Gasteiger partial charge on any atom is 0.174 e. The molecule has 0 aliphatic carbocycles. The molecule has 1 N–H and O–H groups in total. The summed E-state index contributed by atoms with van der Waals surface area (Å²) in [5, 5.41) is 5.34. The van der Waals surface area contributed by atoms with E-state index in [9.17, 15) is 0 Å². The Morgan fingerprint density at radius 3 is 2.50 bits per heavy atom. The van der Waals surface area contributed by atoms with Crippen LogP contribution in [0.15, 0.2) is 85.2 Å². The Kier molecular flexibility index (Phi) is 5.64. The van der Waals surface area contributed by atoms with Crippen LogP contribution in [0.5, 0.6) is 0 Å². The van der Waals surface area contributed by atoms with E-state index in [2.05, 4.69) is 57.0 Å². The molecule has 160 valence electrons. The number of aryl methyl sites for hydroxylation is 1. The van der Waals surface area contributed by atoms with E-state index in [1.54, 1.807) is 12.3 Å². The van der Waals surface area contributed by atoms with Gasteiger partial charge in [-0.25, -0.2) is 0 Å². The highest BCUT2D eigenvalue weighted by atomic mass is 35.5. The van der Waals surface area contributed by atoms with Crippen LogP contribution in [0.2, 0.25) is 10.0 Å². The lowest BCUT2D eigenvalue weighted by atomic mass is 10.0. The maximum atomic E-state index is 6.58. The highest BCUT2D eigenvalue weighted by molar-refractivity contribution is 7.80. The minimum atomic E-state index is -0.137. The van der Waals surface area contributed by atoms with Gasteiger partial charge in [-0.2, -0.15) is 0 Å². The summed E-state index contributed by atoms with van der Waals surface area (Å²) in [6.07, 6.45) is 3.81. The molecule has 2 atom stereocenters. The highest BCUT2D eigenvalue weighted by Gasteiger charge is 2.42. The van der Waals surface area contributed by atoms with E-state index < -0.39 is 0 Å². The minimum Gasteiger partial charge on any atom is -0.351 e. The molecule has 0 radical (unpaired) electrons. The summed E-state index contributed by atoms with van der Waals surface area (Å²) in [5.41, 5.74) is 5.03. The molecule has 5 rings (SSSR count). The summed E-state index contributed by atoms with van der Waals surface area (Å²) in [6.45, 7) is 2.08. The molecule has 1 aliphatic rings. The molecule has 4 aromatic rings. The summed E-state index contributed by atoms with van der Waals surface area (Å²) in [7, 11) is 0. The van der Waals surface area contributed by atoms with Crippen LogP contribution >= 0.6 is 35.4 Å². The second kappa shape index (κ2) is 8.58. The third kappa shape index (κ3) is 3.77. The minimum absolute atomic E-state index is 0.135. The number of pyridine rings is 1. The highest BCUT2D eigenvalue weighted by Crippen LogP contribution is 2.42. The summed E-state index contributed by atoms with van der Waals surface area (Å²) in [4.78, 5) is 6.78. The second-order valence-corrected chi connectivity index (χ2v) is 8.96. The SMILES string of the molecule is Cc1ccc(N2C(=S)N[C@@H](c3ccccn3)[C@@H]2c2cccn2-c2ccc(Cl)cc2Cl)cc1. The van der Waals surface area contributed by atoms with Crippen LogP contribution in [0.4, 0.5) is 5.69 Å². The fraction of sp³-hybridized carbons (Fsp3) is 0.120. The normalized spacial score (nSPS) is 18.1. The fourth-order valence-electron chi connectivity index (χ4n) is 4.17. The van der Waals surface area contributed by atoms with Crippen LogP contribution in [0, 0.1) is 6.92 Å². The molecular weight excluding hydrogens is 459 g/mol. The van der Waals surface area contributed by atoms with Crippen molar-refractivity contribution in [3.63, 3.8) is 0 Å². The van der Waals surface area contributed by atoms with E-state index in [1.807, 2.05) is 42.6 Å². The Balaban J connectivity index is 1.68. The molecule has 0 unspecified atom stereocenters. The van der Waals surface area contributed by atoms with E-state index >= 15 is 0 Å². The Labute approximate surface area is 202 Å². The smallest absolute Gasteiger partial charge is 0.174 e. The molecule has 0 saturated carbocycles. The molecule has 3 heterocycles. The van der Waals surface area contributed by atoms with Crippen LogP contribution in [0.25, 0.3) is 5.69 Å². The Morgan fingerprint density at radius 2 is 1.78 bits per heavy atom. The molecule has 1 saturated heterocycles. The van der Waals surface area contributed by atoms with Gasteiger partial charge in [0.1, 0.15) is 6.04 Å². The number of rotatable bonds is 4. The first-order valence-corrected chi connectivity index (χ1v) is 11.4. The van der Waals surface area contributed by atoms with E-state index in [4.69, 9.17) is 35.4 Å².